The van der Waals surface area contributed by atoms with Crippen LogP contribution in [0.4, 0.5) is 0 Å². The monoisotopic (exact) mass is 918 g/mol. The van der Waals surface area contributed by atoms with E-state index in [1.807, 2.05) is 12.1 Å². The third-order valence-electron chi connectivity index (χ3n) is 14.3. The predicted octanol–water partition coefficient (Wildman–Crippen LogP) is 12.3. The smallest absolute Gasteiger partial charge is 0.341 e. The van der Waals surface area contributed by atoms with Gasteiger partial charge in [0.1, 0.15) is 17.1 Å². The van der Waals surface area contributed by atoms with Gasteiger partial charge in [-0.1, -0.05) is 165 Å². The molecule has 0 saturated carbocycles. The highest BCUT2D eigenvalue weighted by Crippen LogP contribution is 2.54. The van der Waals surface area contributed by atoms with Crippen LogP contribution in [0, 0.1) is 0 Å². The predicted molar refractivity (Wildman–Crippen MR) is 284 cm³/mol. The number of aromatic amines is 2. The van der Waals surface area contributed by atoms with E-state index in [9.17, 15) is 4.79 Å². The number of carbonyl (C=O) groups is 1. The van der Waals surface area contributed by atoms with Gasteiger partial charge in [-0.25, -0.2) is 9.79 Å². The van der Waals surface area contributed by atoms with E-state index in [1.54, 1.807) is 0 Å². The Balaban J connectivity index is 1.23. The van der Waals surface area contributed by atoms with Crippen LogP contribution < -0.4 is 20.8 Å². The first-order valence-corrected chi connectivity index (χ1v) is 24.2. The van der Waals surface area contributed by atoms with Crippen molar-refractivity contribution >= 4 is 34.0 Å². The Kier molecular flexibility index (Phi) is 10.6. The van der Waals surface area contributed by atoms with E-state index >= 15 is 0 Å². The molecule has 2 aromatic heterocycles. The maximum Gasteiger partial charge on any atom is 0.341 e. The quantitative estimate of drug-likeness (QED) is 0.150. The molecule has 1 unspecified atom stereocenters. The summed E-state index contributed by atoms with van der Waals surface area (Å²) in [6, 6.07) is 48.9. The van der Waals surface area contributed by atoms with Gasteiger partial charge in [0.15, 0.2) is 0 Å². The third kappa shape index (κ3) is 7.61. The van der Waals surface area contributed by atoms with E-state index in [4.69, 9.17) is 14.5 Å². The lowest BCUT2D eigenvalue weighted by atomic mass is 9.70. The van der Waals surface area contributed by atoms with Crippen LogP contribution in [0.2, 0.25) is 0 Å². The number of hydrogen-bond acceptors (Lipinski definition) is 5. The molecule has 5 aromatic carbocycles. The number of nitrogens with zero attached hydrogens (tertiary/aromatic N) is 1. The largest absolute Gasteiger partial charge is 0.465 e. The zero-order valence-corrected chi connectivity index (χ0v) is 41.3. The molecule has 11 rings (SSSR count). The van der Waals surface area contributed by atoms with Gasteiger partial charge in [-0.3, -0.25) is 0 Å². The average Bonchev–Trinajstić information content (AvgIpc) is 4.20. The SMILES string of the molecule is COC(=O)c1cc(C(C)(C)C)cc2c1Oc1c(/C3=C4\C=CC(N4)/C(c4ccccc4)=c4/cc/c([nH]4)=C(\c4ccccc4)c4ccc([nH]4)/C(c4ccccc4)=C4/C=CC3=N4)cc(C(C)(C)C)cc1C2(C)C. The van der Waals surface area contributed by atoms with Gasteiger partial charge < -0.3 is 24.8 Å². The first-order valence-electron chi connectivity index (χ1n) is 24.2. The lowest BCUT2D eigenvalue weighted by Crippen LogP contribution is -2.31. The van der Waals surface area contributed by atoms with Crippen LogP contribution in [0.1, 0.15) is 122 Å². The van der Waals surface area contributed by atoms with Gasteiger partial charge in [-0.15, -0.1) is 0 Å². The van der Waals surface area contributed by atoms with Crippen LogP contribution in [0.3, 0.4) is 0 Å². The lowest BCUT2D eigenvalue weighted by molar-refractivity contribution is 0.0597. The molecule has 6 heterocycles. The van der Waals surface area contributed by atoms with Crippen molar-refractivity contribution in [2.45, 2.75) is 77.7 Å². The first-order chi connectivity index (χ1) is 33.6. The minimum Gasteiger partial charge on any atom is -0.465 e. The second-order valence-corrected chi connectivity index (χ2v) is 21.3. The van der Waals surface area contributed by atoms with E-state index < -0.39 is 11.4 Å². The van der Waals surface area contributed by atoms with Crippen LogP contribution in [0.5, 0.6) is 11.5 Å². The van der Waals surface area contributed by atoms with Crippen molar-refractivity contribution in [3.8, 4) is 11.5 Å². The number of nitrogens with one attached hydrogen (secondary N) is 3. The fraction of sp³-hybridized carbons (Fsp3) is 0.206. The molecule has 8 bridgehead atoms. The van der Waals surface area contributed by atoms with Crippen LogP contribution in [0.25, 0.3) is 22.3 Å². The lowest BCUT2D eigenvalue weighted by Gasteiger charge is -2.39. The summed E-state index contributed by atoms with van der Waals surface area (Å²) in [4.78, 5) is 27.3. The van der Waals surface area contributed by atoms with Crippen LogP contribution in [-0.4, -0.2) is 34.8 Å². The maximum atomic E-state index is 13.9. The number of rotatable bonds is 5. The second kappa shape index (κ2) is 16.7. The average molecular weight is 919 g/mol. The summed E-state index contributed by atoms with van der Waals surface area (Å²) in [5.41, 5.74) is 16.1. The van der Waals surface area contributed by atoms with Crippen molar-refractivity contribution in [1.82, 2.24) is 15.3 Å². The van der Waals surface area contributed by atoms with Crippen molar-refractivity contribution < 1.29 is 14.3 Å². The molecule has 7 aromatic rings. The van der Waals surface area contributed by atoms with E-state index in [1.165, 1.54) is 7.11 Å². The molecule has 0 spiro atoms. The number of ether oxygens (including phenoxy) is 2. The first kappa shape index (κ1) is 44.6. The van der Waals surface area contributed by atoms with Gasteiger partial charge in [-0.05, 0) is 93.3 Å². The standard InChI is InChI=1S/C63H58N4O3/c1-61(2,3)40-33-42(58-44(35-40)63(7,8)45-36-41(62(4,5)6)34-43(59(45)70-58)60(68)69-9)57-52-31-29-50(66-52)55(38-21-15-11-16-22-38)48-27-25-46(64-48)54(37-19-13-10-14-20-37)47-26-28-49(65-47)56(39-23-17-12-18-24-39)51-30-32-53(57)67-51/h10-36,50,64-66H,1-9H3/b54-46-,55-48-,56-51-,57-52-. The van der Waals surface area contributed by atoms with Gasteiger partial charge in [0.05, 0.1) is 24.6 Å². The Morgan fingerprint density at radius 3 is 1.81 bits per heavy atom. The van der Waals surface area contributed by atoms with Crippen LogP contribution in [-0.2, 0) is 21.0 Å². The van der Waals surface area contributed by atoms with E-state index in [0.29, 0.717) is 17.1 Å². The Bertz CT molecular complexity index is 3560. The molecule has 0 saturated heterocycles. The Morgan fingerprint density at radius 2 is 1.19 bits per heavy atom. The number of H-pyrrole nitrogens is 2. The summed E-state index contributed by atoms with van der Waals surface area (Å²) < 4.78 is 12.8. The fourth-order valence-corrected chi connectivity index (χ4v) is 10.4. The fourth-order valence-electron chi connectivity index (χ4n) is 10.4. The number of hydrogen-bond donors (Lipinski definition) is 3. The molecular formula is C63H58N4O3. The molecule has 4 aliphatic heterocycles. The van der Waals surface area contributed by atoms with Crippen LogP contribution in [0.15, 0.2) is 180 Å². The van der Waals surface area contributed by atoms with Gasteiger partial charge >= 0.3 is 5.97 Å². The maximum absolute atomic E-state index is 13.9. The molecule has 4 aliphatic rings. The number of esters is 1. The molecule has 3 N–H and O–H groups in total. The normalized spacial score (nSPS) is 20.6. The van der Waals surface area contributed by atoms with Gasteiger partial charge in [-0.2, -0.15) is 0 Å². The molecule has 0 aliphatic carbocycles. The van der Waals surface area contributed by atoms with Crippen LogP contribution >= 0.6 is 0 Å². The molecular weight excluding hydrogens is 861 g/mol. The number of aromatic nitrogens is 2. The number of carbonyl (C=O) groups excluding carboxylic acids is 1. The zero-order valence-electron chi connectivity index (χ0n) is 41.3. The minimum atomic E-state index is -0.590. The number of fused-ring (bicyclic) bond motifs is 9. The highest BCUT2D eigenvalue weighted by Gasteiger charge is 2.42. The van der Waals surface area contributed by atoms with Crippen molar-refractivity contribution in [2.24, 2.45) is 4.99 Å². The van der Waals surface area contributed by atoms with Gasteiger partial charge in [0, 0.05) is 72.2 Å². The van der Waals surface area contributed by atoms with E-state index in [0.717, 1.165) is 106 Å². The Morgan fingerprint density at radius 1 is 0.614 bits per heavy atom. The van der Waals surface area contributed by atoms with Gasteiger partial charge in [0.2, 0.25) is 0 Å². The number of allylic oxidation sites excluding steroid dienone is 4. The molecule has 348 valence electrons. The second-order valence-electron chi connectivity index (χ2n) is 21.3. The summed E-state index contributed by atoms with van der Waals surface area (Å²) in [6.07, 6.45) is 8.73. The molecule has 1 atom stereocenters. The molecule has 0 radical (unpaired) electrons. The van der Waals surface area contributed by atoms with Crippen molar-refractivity contribution in [3.05, 3.63) is 247 Å². The molecule has 70 heavy (non-hydrogen) atoms. The Hall–Kier alpha value is -7.90. The van der Waals surface area contributed by atoms with E-state index in [2.05, 4.69) is 222 Å². The van der Waals surface area contributed by atoms with E-state index in [-0.39, 0.29) is 16.9 Å². The number of benzene rings is 5. The topological polar surface area (TPSA) is 91.5 Å². The van der Waals surface area contributed by atoms with Crippen molar-refractivity contribution in [2.75, 3.05) is 7.11 Å². The summed E-state index contributed by atoms with van der Waals surface area (Å²) in [6.45, 7) is 17.8. The zero-order chi connectivity index (χ0) is 48.7. The third-order valence-corrected chi connectivity index (χ3v) is 14.3. The summed E-state index contributed by atoms with van der Waals surface area (Å²) in [5.74, 6) is 0.764. The number of aliphatic imine (C=N–C) groups is 1. The summed E-state index contributed by atoms with van der Waals surface area (Å²) in [7, 11) is 1.43. The highest BCUT2D eigenvalue weighted by molar-refractivity contribution is 6.32. The number of methoxy groups -OCH3 is 1. The molecule has 0 amide bonds. The molecule has 7 heteroatoms. The Labute approximate surface area is 410 Å². The molecule has 0 fully saturated rings. The minimum absolute atomic E-state index is 0.230. The summed E-state index contributed by atoms with van der Waals surface area (Å²) >= 11 is 0. The highest BCUT2D eigenvalue weighted by atomic mass is 16.5. The van der Waals surface area contributed by atoms with Crippen molar-refractivity contribution in [3.63, 3.8) is 0 Å². The molecule has 7 nitrogen and oxygen atoms in total. The van der Waals surface area contributed by atoms with Crippen molar-refractivity contribution in [1.29, 1.82) is 0 Å². The summed E-state index contributed by atoms with van der Waals surface area (Å²) in [5, 5.41) is 6.04. The van der Waals surface area contributed by atoms with Gasteiger partial charge in [0.25, 0.3) is 0 Å².